The average Bonchev–Trinajstić information content (AvgIpc) is 2.94. The van der Waals surface area contributed by atoms with E-state index in [4.69, 9.17) is 0 Å². The van der Waals surface area contributed by atoms with Gasteiger partial charge < -0.3 is 0 Å². The number of benzene rings is 1. The first-order valence-electron chi connectivity index (χ1n) is 8.40. The molecule has 9 heteroatoms. The molecule has 1 N–H and O–H groups in total. The molecule has 5 nitrogen and oxygen atoms in total. The highest BCUT2D eigenvalue weighted by atomic mass is 32.2. The van der Waals surface area contributed by atoms with Crippen LogP contribution in [0.3, 0.4) is 0 Å². The molecule has 0 aliphatic heterocycles. The van der Waals surface area contributed by atoms with Crippen LogP contribution in [0.5, 0.6) is 0 Å². The standard InChI is InChI=1S/C17H20F3N3O2S/c1-12-5-4-6-13(11-12)26(24,25)21-9-10-23-15-8-3-2-7-14(15)16(22-23)17(18,19)20/h4-6,11,21H,2-3,7-10H2,1H3. The summed E-state index contributed by atoms with van der Waals surface area (Å²) in [6, 6.07) is 6.45. The fourth-order valence-corrected chi connectivity index (χ4v) is 4.36. The molecular formula is C17H20F3N3O2S. The van der Waals surface area contributed by atoms with Crippen LogP contribution < -0.4 is 4.72 Å². The largest absolute Gasteiger partial charge is 0.435 e. The first-order chi connectivity index (χ1) is 12.2. The minimum atomic E-state index is -4.49. The first kappa shape index (κ1) is 18.9. The number of rotatable bonds is 5. The lowest BCUT2D eigenvalue weighted by Gasteiger charge is -2.15. The van der Waals surface area contributed by atoms with Crippen LogP contribution in [0.2, 0.25) is 0 Å². The SMILES string of the molecule is Cc1cccc(S(=O)(=O)NCCn2nc(C(F)(F)F)c3c2CCCC3)c1. The maximum atomic E-state index is 13.2. The van der Waals surface area contributed by atoms with Crippen LogP contribution in [0.4, 0.5) is 13.2 Å². The lowest BCUT2D eigenvalue weighted by atomic mass is 9.95. The quantitative estimate of drug-likeness (QED) is 0.858. The van der Waals surface area contributed by atoms with Crippen LogP contribution in [0.25, 0.3) is 0 Å². The Hall–Kier alpha value is -1.87. The number of fused-ring (bicyclic) bond motifs is 1. The summed E-state index contributed by atoms with van der Waals surface area (Å²) in [5.74, 6) is 0. The Morgan fingerprint density at radius 1 is 1.23 bits per heavy atom. The van der Waals surface area contributed by atoms with Crippen molar-refractivity contribution >= 4 is 10.0 Å². The maximum Gasteiger partial charge on any atom is 0.435 e. The summed E-state index contributed by atoms with van der Waals surface area (Å²) in [4.78, 5) is 0.135. The van der Waals surface area contributed by atoms with Crippen LogP contribution in [0.15, 0.2) is 29.2 Å². The fraction of sp³-hybridized carbons (Fsp3) is 0.471. The third-order valence-corrected chi connectivity index (χ3v) is 5.90. The Morgan fingerprint density at radius 3 is 2.65 bits per heavy atom. The number of aromatic nitrogens is 2. The number of alkyl halides is 3. The van der Waals surface area contributed by atoms with Gasteiger partial charge in [-0.2, -0.15) is 18.3 Å². The molecule has 1 aromatic carbocycles. The van der Waals surface area contributed by atoms with E-state index in [0.717, 1.165) is 12.0 Å². The predicted octanol–water partition coefficient (Wildman–Crippen LogP) is 3.07. The fourth-order valence-electron chi connectivity index (χ4n) is 3.24. The molecule has 0 saturated carbocycles. The average molecular weight is 387 g/mol. The number of nitrogens with zero attached hydrogens (tertiary/aromatic N) is 2. The van der Waals surface area contributed by atoms with Gasteiger partial charge in [0.2, 0.25) is 10.0 Å². The van der Waals surface area contributed by atoms with Gasteiger partial charge in [-0.05, 0) is 50.3 Å². The van der Waals surface area contributed by atoms with Crippen molar-refractivity contribution in [2.24, 2.45) is 0 Å². The van der Waals surface area contributed by atoms with Gasteiger partial charge in [0.1, 0.15) is 0 Å². The van der Waals surface area contributed by atoms with Gasteiger partial charge in [0.15, 0.2) is 5.69 Å². The molecule has 0 unspecified atom stereocenters. The van der Waals surface area contributed by atoms with E-state index in [1.165, 1.54) is 10.7 Å². The van der Waals surface area contributed by atoms with E-state index in [9.17, 15) is 21.6 Å². The Balaban J connectivity index is 1.75. The summed E-state index contributed by atoms with van der Waals surface area (Å²) < 4.78 is 67.9. The molecular weight excluding hydrogens is 367 g/mol. The van der Waals surface area contributed by atoms with Crippen LogP contribution in [-0.4, -0.2) is 24.7 Å². The molecule has 1 aromatic heterocycles. The van der Waals surface area contributed by atoms with Crippen molar-refractivity contribution in [3.63, 3.8) is 0 Å². The Labute approximate surface area is 150 Å². The molecule has 0 saturated heterocycles. The van der Waals surface area contributed by atoms with Crippen molar-refractivity contribution in [1.82, 2.24) is 14.5 Å². The zero-order valence-electron chi connectivity index (χ0n) is 14.3. The van der Waals surface area contributed by atoms with Crippen molar-refractivity contribution in [2.75, 3.05) is 6.54 Å². The van der Waals surface area contributed by atoms with Gasteiger partial charge in [-0.15, -0.1) is 0 Å². The van der Waals surface area contributed by atoms with Crippen molar-refractivity contribution in [3.8, 4) is 0 Å². The van der Waals surface area contributed by atoms with Crippen LogP contribution in [0.1, 0.15) is 35.4 Å². The number of halogens is 3. The zero-order valence-corrected chi connectivity index (χ0v) is 15.1. The highest BCUT2D eigenvalue weighted by Crippen LogP contribution is 2.35. The molecule has 1 aliphatic carbocycles. The normalized spacial score (nSPS) is 15.1. The molecule has 0 radical (unpaired) electrons. The van der Waals surface area contributed by atoms with Crippen molar-refractivity contribution in [3.05, 3.63) is 46.8 Å². The number of sulfonamides is 1. The summed E-state index contributed by atoms with van der Waals surface area (Å²) >= 11 is 0. The molecule has 1 heterocycles. The lowest BCUT2D eigenvalue weighted by Crippen LogP contribution is -2.28. The van der Waals surface area contributed by atoms with Gasteiger partial charge in [0, 0.05) is 17.8 Å². The summed E-state index contributed by atoms with van der Waals surface area (Å²) in [6.07, 6.45) is -2.08. The molecule has 0 amide bonds. The van der Waals surface area contributed by atoms with Gasteiger partial charge in [0.05, 0.1) is 11.4 Å². The van der Waals surface area contributed by atoms with Gasteiger partial charge >= 0.3 is 6.18 Å². The molecule has 0 atom stereocenters. The van der Waals surface area contributed by atoms with Gasteiger partial charge in [-0.1, -0.05) is 12.1 Å². The van der Waals surface area contributed by atoms with Crippen molar-refractivity contribution in [1.29, 1.82) is 0 Å². The highest BCUT2D eigenvalue weighted by molar-refractivity contribution is 7.89. The topological polar surface area (TPSA) is 64.0 Å². The first-order valence-corrected chi connectivity index (χ1v) is 9.89. The zero-order chi connectivity index (χ0) is 18.9. The smallest absolute Gasteiger partial charge is 0.267 e. The third-order valence-electron chi connectivity index (χ3n) is 4.44. The van der Waals surface area contributed by atoms with Crippen LogP contribution in [0, 0.1) is 6.92 Å². The molecule has 3 rings (SSSR count). The second-order valence-electron chi connectivity index (χ2n) is 6.42. The Morgan fingerprint density at radius 2 is 1.96 bits per heavy atom. The van der Waals surface area contributed by atoms with Gasteiger partial charge in [0.25, 0.3) is 0 Å². The van der Waals surface area contributed by atoms with E-state index in [0.29, 0.717) is 25.0 Å². The van der Waals surface area contributed by atoms with E-state index in [1.54, 1.807) is 25.1 Å². The Kier molecular flexibility index (Phi) is 5.12. The number of aryl methyl sites for hydroxylation is 1. The number of hydrogen-bond donors (Lipinski definition) is 1. The van der Waals surface area contributed by atoms with E-state index in [-0.39, 0.29) is 23.5 Å². The second kappa shape index (κ2) is 7.03. The van der Waals surface area contributed by atoms with E-state index in [1.807, 2.05) is 0 Å². The van der Waals surface area contributed by atoms with Crippen molar-refractivity contribution < 1.29 is 21.6 Å². The minimum Gasteiger partial charge on any atom is -0.267 e. The third kappa shape index (κ3) is 3.93. The summed E-state index contributed by atoms with van der Waals surface area (Å²) in [5, 5.41) is 3.73. The van der Waals surface area contributed by atoms with E-state index >= 15 is 0 Å². The van der Waals surface area contributed by atoms with E-state index < -0.39 is 21.9 Å². The molecule has 0 fully saturated rings. The Bertz CT molecular complexity index is 904. The molecule has 1 aliphatic rings. The number of nitrogens with one attached hydrogen (secondary N) is 1. The molecule has 26 heavy (non-hydrogen) atoms. The summed E-state index contributed by atoms with van der Waals surface area (Å²) in [5.41, 5.74) is 0.793. The molecule has 0 spiro atoms. The highest BCUT2D eigenvalue weighted by Gasteiger charge is 2.39. The van der Waals surface area contributed by atoms with Crippen LogP contribution >= 0.6 is 0 Å². The van der Waals surface area contributed by atoms with Crippen molar-refractivity contribution in [2.45, 2.75) is 50.2 Å². The molecule has 2 aromatic rings. The summed E-state index contributed by atoms with van der Waals surface area (Å²) in [7, 11) is -3.71. The maximum absolute atomic E-state index is 13.2. The minimum absolute atomic E-state index is 0.0261. The second-order valence-corrected chi connectivity index (χ2v) is 8.18. The molecule has 142 valence electrons. The monoisotopic (exact) mass is 387 g/mol. The van der Waals surface area contributed by atoms with Gasteiger partial charge in [-0.25, -0.2) is 13.1 Å². The van der Waals surface area contributed by atoms with E-state index in [2.05, 4.69) is 9.82 Å². The molecule has 0 bridgehead atoms. The lowest BCUT2D eigenvalue weighted by molar-refractivity contribution is -0.142. The van der Waals surface area contributed by atoms with Crippen LogP contribution in [-0.2, 0) is 35.6 Å². The summed E-state index contributed by atoms with van der Waals surface area (Å²) in [6.45, 7) is 1.82. The van der Waals surface area contributed by atoms with Gasteiger partial charge in [-0.3, -0.25) is 4.68 Å². The predicted molar refractivity (Wildman–Crippen MR) is 90.2 cm³/mol. The number of hydrogen-bond acceptors (Lipinski definition) is 3.